The lowest BCUT2D eigenvalue weighted by Gasteiger charge is -1.88. The van der Waals surface area contributed by atoms with Crippen molar-refractivity contribution in [3.8, 4) is 0 Å². The summed E-state index contributed by atoms with van der Waals surface area (Å²) in [6.45, 7) is 0. The zero-order valence-corrected chi connectivity index (χ0v) is 7.86. The van der Waals surface area contributed by atoms with Crippen molar-refractivity contribution in [2.24, 2.45) is 5.73 Å². The maximum absolute atomic E-state index is 10.8. The lowest BCUT2D eigenvalue weighted by Crippen LogP contribution is -2.11. The second-order valence-electron chi connectivity index (χ2n) is 2.59. The second-order valence-corrected chi connectivity index (χ2v) is 3.11. The zero-order valence-electron chi connectivity index (χ0n) is 7.04. The average Bonchev–Trinajstić information content (AvgIpc) is 2.16. The third-order valence-electron chi connectivity index (χ3n) is 1.53. The van der Waals surface area contributed by atoms with Crippen LogP contribution in [0.5, 0.6) is 0 Å². The van der Waals surface area contributed by atoms with Gasteiger partial charge >= 0.3 is 0 Å². The summed E-state index contributed by atoms with van der Waals surface area (Å²) in [5, 5.41) is 0. The Morgan fingerprint density at radius 3 is 3.00 bits per heavy atom. The number of hydrogen-bond acceptors (Lipinski definition) is 2. The number of carbonyl (C=O) groups is 1. The van der Waals surface area contributed by atoms with Gasteiger partial charge in [-0.05, 0) is 25.0 Å². The van der Waals surface area contributed by atoms with Crippen LogP contribution in [0.15, 0.2) is 35.3 Å². The van der Waals surface area contributed by atoms with Gasteiger partial charge in [-0.25, -0.2) is 0 Å². The van der Waals surface area contributed by atoms with Crippen LogP contribution in [0.2, 0.25) is 0 Å². The molecule has 1 rings (SSSR count). The highest BCUT2D eigenvalue weighted by molar-refractivity contribution is 7.80. The van der Waals surface area contributed by atoms with E-state index in [1.807, 2.05) is 0 Å². The fourth-order valence-corrected chi connectivity index (χ4v) is 1.06. The van der Waals surface area contributed by atoms with Crippen molar-refractivity contribution in [1.29, 1.82) is 0 Å². The molecule has 0 unspecified atom stereocenters. The van der Waals surface area contributed by atoms with Crippen LogP contribution in [0, 0.1) is 0 Å². The molecule has 0 fully saturated rings. The fourth-order valence-electron chi connectivity index (χ4n) is 0.871. The zero-order chi connectivity index (χ0) is 9.68. The normalized spacial score (nSPS) is 16.0. The van der Waals surface area contributed by atoms with Crippen LogP contribution in [-0.2, 0) is 4.79 Å². The third-order valence-corrected chi connectivity index (χ3v) is 1.85. The minimum atomic E-state index is -0.495. The van der Waals surface area contributed by atoms with Crippen LogP contribution in [-0.4, -0.2) is 10.8 Å². The quantitative estimate of drug-likeness (QED) is 0.503. The molecule has 2 nitrogen and oxygen atoms in total. The predicted octanol–water partition coefficient (Wildman–Crippen LogP) is 1.43. The number of carbonyl (C=O) groups excluding carboxylic acids is 1. The molecule has 0 spiro atoms. The van der Waals surface area contributed by atoms with E-state index in [0.717, 1.165) is 17.7 Å². The summed E-state index contributed by atoms with van der Waals surface area (Å²) in [6.07, 6.45) is 6.51. The van der Waals surface area contributed by atoms with Crippen LogP contribution < -0.4 is 5.73 Å². The van der Waals surface area contributed by atoms with Crippen molar-refractivity contribution in [3.63, 3.8) is 0 Å². The standard InChI is InChI=1S/C10H9NOS/c11-10(12)8-4-1-2-6-9(13)7-3-5-8/h1,5,7H,2,6H2,(H2,11,12). The van der Waals surface area contributed by atoms with E-state index in [4.69, 9.17) is 18.0 Å². The van der Waals surface area contributed by atoms with E-state index < -0.39 is 5.91 Å². The number of primary amides is 1. The minimum Gasteiger partial charge on any atom is -0.365 e. The molecule has 0 saturated heterocycles. The molecule has 0 aliphatic heterocycles. The molecule has 1 aliphatic carbocycles. The molecule has 0 bridgehead atoms. The molecule has 0 atom stereocenters. The molecule has 0 radical (unpaired) electrons. The lowest BCUT2D eigenvalue weighted by molar-refractivity contribution is -0.114. The number of nitrogens with two attached hydrogens (primary N) is 1. The summed E-state index contributed by atoms with van der Waals surface area (Å²) < 4.78 is 0. The monoisotopic (exact) mass is 191 g/mol. The Bertz CT molecular complexity index is 366. The van der Waals surface area contributed by atoms with Crippen LogP contribution in [0.25, 0.3) is 0 Å². The Kier molecular flexibility index (Phi) is 3.41. The molecule has 1 amide bonds. The van der Waals surface area contributed by atoms with Gasteiger partial charge in [0.15, 0.2) is 0 Å². The van der Waals surface area contributed by atoms with E-state index in [2.05, 4.69) is 11.5 Å². The maximum Gasteiger partial charge on any atom is 0.257 e. The Morgan fingerprint density at radius 2 is 2.31 bits per heavy atom. The Labute approximate surface area is 82.1 Å². The highest BCUT2D eigenvalue weighted by Gasteiger charge is 1.98. The third kappa shape index (κ3) is 3.22. The first-order valence-corrected chi connectivity index (χ1v) is 4.31. The molecule has 0 heterocycles. The largest absolute Gasteiger partial charge is 0.365 e. The molecular formula is C10H9NOS. The first-order chi connectivity index (χ1) is 6.20. The molecule has 66 valence electrons. The molecule has 2 N–H and O–H groups in total. The number of thiocarbonyl (C=S) groups is 1. The van der Waals surface area contributed by atoms with Gasteiger partial charge in [0.25, 0.3) is 5.91 Å². The van der Waals surface area contributed by atoms with E-state index in [0.29, 0.717) is 5.57 Å². The summed E-state index contributed by atoms with van der Waals surface area (Å²) >= 11 is 5.01. The highest BCUT2D eigenvalue weighted by Crippen LogP contribution is 2.00. The summed E-state index contributed by atoms with van der Waals surface area (Å²) in [7, 11) is 0. The van der Waals surface area contributed by atoms with E-state index in [9.17, 15) is 4.79 Å². The summed E-state index contributed by atoms with van der Waals surface area (Å²) in [5.74, 6) is -0.495. The SMILES string of the molecule is NC(=O)C1=C=CCCC(=S)C=C=C1. The van der Waals surface area contributed by atoms with Crippen LogP contribution >= 0.6 is 12.2 Å². The first-order valence-electron chi connectivity index (χ1n) is 3.90. The summed E-state index contributed by atoms with van der Waals surface area (Å²) in [4.78, 5) is 11.6. The topological polar surface area (TPSA) is 43.1 Å². The Morgan fingerprint density at radius 1 is 1.54 bits per heavy atom. The lowest BCUT2D eigenvalue weighted by atomic mass is 10.2. The van der Waals surface area contributed by atoms with Crippen molar-refractivity contribution < 1.29 is 4.79 Å². The van der Waals surface area contributed by atoms with Crippen LogP contribution in [0.1, 0.15) is 12.8 Å². The number of rotatable bonds is 1. The van der Waals surface area contributed by atoms with Crippen LogP contribution in [0.3, 0.4) is 0 Å². The van der Waals surface area contributed by atoms with Gasteiger partial charge in [0.2, 0.25) is 0 Å². The summed E-state index contributed by atoms with van der Waals surface area (Å²) in [6, 6.07) is 0. The molecule has 0 aromatic rings. The van der Waals surface area contributed by atoms with Crippen LogP contribution in [0.4, 0.5) is 0 Å². The van der Waals surface area contributed by atoms with E-state index >= 15 is 0 Å². The molecule has 1 aliphatic rings. The van der Waals surface area contributed by atoms with Gasteiger partial charge in [0.1, 0.15) is 0 Å². The van der Waals surface area contributed by atoms with Gasteiger partial charge in [0, 0.05) is 10.9 Å². The van der Waals surface area contributed by atoms with E-state index in [1.165, 1.54) is 6.08 Å². The van der Waals surface area contributed by atoms with Gasteiger partial charge in [-0.1, -0.05) is 12.2 Å². The minimum absolute atomic E-state index is 0.334. The highest BCUT2D eigenvalue weighted by atomic mass is 32.1. The van der Waals surface area contributed by atoms with Gasteiger partial charge in [-0.3, -0.25) is 4.79 Å². The van der Waals surface area contributed by atoms with Crippen molar-refractivity contribution in [2.75, 3.05) is 0 Å². The molecular weight excluding hydrogens is 182 g/mol. The van der Waals surface area contributed by atoms with Crippen molar-refractivity contribution in [3.05, 3.63) is 35.3 Å². The van der Waals surface area contributed by atoms with Crippen molar-refractivity contribution >= 4 is 23.0 Å². The Hall–Kier alpha value is -1.40. The average molecular weight is 191 g/mol. The molecule has 13 heavy (non-hydrogen) atoms. The van der Waals surface area contributed by atoms with Gasteiger partial charge < -0.3 is 5.73 Å². The van der Waals surface area contributed by atoms with Gasteiger partial charge in [-0.15, -0.1) is 11.5 Å². The van der Waals surface area contributed by atoms with Gasteiger partial charge in [-0.2, -0.15) is 0 Å². The molecule has 3 heteroatoms. The maximum atomic E-state index is 10.8. The molecule has 0 aromatic carbocycles. The molecule has 0 aromatic heterocycles. The number of hydrogen-bond donors (Lipinski definition) is 1. The van der Waals surface area contributed by atoms with E-state index in [-0.39, 0.29) is 0 Å². The second kappa shape index (κ2) is 4.58. The van der Waals surface area contributed by atoms with Crippen molar-refractivity contribution in [1.82, 2.24) is 0 Å². The van der Waals surface area contributed by atoms with E-state index in [1.54, 1.807) is 12.2 Å². The first kappa shape index (κ1) is 9.69. The predicted molar refractivity (Wildman–Crippen MR) is 55.3 cm³/mol. The van der Waals surface area contributed by atoms with Gasteiger partial charge in [0.05, 0.1) is 5.57 Å². The smallest absolute Gasteiger partial charge is 0.257 e. The fraction of sp³-hybridized carbons (Fsp3) is 0.200. The molecule has 0 saturated carbocycles. The van der Waals surface area contributed by atoms with Crippen molar-refractivity contribution in [2.45, 2.75) is 12.8 Å². The summed E-state index contributed by atoms with van der Waals surface area (Å²) in [5.41, 5.74) is 11.0. The Balaban J connectivity index is 3.05. The number of amides is 1.